The van der Waals surface area contributed by atoms with Crippen LogP contribution in [0, 0.1) is 0 Å². The van der Waals surface area contributed by atoms with Crippen LogP contribution in [0.15, 0.2) is 28.0 Å². The normalized spacial score (nSPS) is 11.9. The highest BCUT2D eigenvalue weighted by atomic mass is 16.5. The van der Waals surface area contributed by atoms with E-state index >= 15 is 0 Å². The second kappa shape index (κ2) is 10.4. The summed E-state index contributed by atoms with van der Waals surface area (Å²) >= 11 is 0. The van der Waals surface area contributed by atoms with Crippen molar-refractivity contribution >= 4 is 17.1 Å². The van der Waals surface area contributed by atoms with Crippen LogP contribution in [0.3, 0.4) is 0 Å². The molecule has 34 heavy (non-hydrogen) atoms. The van der Waals surface area contributed by atoms with Crippen molar-refractivity contribution in [3.8, 4) is 17.2 Å². The Labute approximate surface area is 196 Å². The van der Waals surface area contributed by atoms with Crippen molar-refractivity contribution < 1.29 is 23.7 Å². The highest BCUT2D eigenvalue weighted by molar-refractivity contribution is 5.91. The van der Waals surface area contributed by atoms with Gasteiger partial charge in [-0.15, -0.1) is 0 Å². The lowest BCUT2D eigenvalue weighted by Gasteiger charge is -2.16. The van der Waals surface area contributed by atoms with E-state index in [9.17, 15) is 14.4 Å². The van der Waals surface area contributed by atoms with Crippen LogP contribution in [0.1, 0.15) is 36.5 Å². The van der Waals surface area contributed by atoms with E-state index in [1.54, 1.807) is 25.6 Å². The summed E-state index contributed by atoms with van der Waals surface area (Å²) in [5, 5.41) is 0. The van der Waals surface area contributed by atoms with Crippen LogP contribution in [0.5, 0.6) is 17.2 Å². The summed E-state index contributed by atoms with van der Waals surface area (Å²) in [4.78, 5) is 42.1. The highest BCUT2D eigenvalue weighted by Gasteiger charge is 2.20. The zero-order chi connectivity index (χ0) is 25.0. The van der Waals surface area contributed by atoms with Gasteiger partial charge in [0.1, 0.15) is 0 Å². The van der Waals surface area contributed by atoms with Gasteiger partial charge in [0.05, 0.1) is 39.3 Å². The number of unbranched alkanes of at least 4 members (excludes halogenated alkanes) is 1. The van der Waals surface area contributed by atoms with E-state index in [4.69, 9.17) is 18.9 Å². The fourth-order valence-corrected chi connectivity index (χ4v) is 3.80. The van der Waals surface area contributed by atoms with Crippen molar-refractivity contribution in [1.29, 1.82) is 0 Å². The number of hydrogen-bond acceptors (Lipinski definition) is 8. The fraction of sp³-hybridized carbons (Fsp3) is 0.478. The maximum absolute atomic E-state index is 12.8. The molecule has 1 aromatic carbocycles. The third-order valence-electron chi connectivity index (χ3n) is 5.65. The third-order valence-corrected chi connectivity index (χ3v) is 5.65. The molecule has 1 unspecified atom stereocenters. The van der Waals surface area contributed by atoms with Crippen LogP contribution in [0.25, 0.3) is 11.2 Å². The van der Waals surface area contributed by atoms with Crippen molar-refractivity contribution in [2.75, 3.05) is 21.3 Å². The Kier molecular flexibility index (Phi) is 7.64. The van der Waals surface area contributed by atoms with Crippen molar-refractivity contribution in [2.45, 2.75) is 38.8 Å². The maximum Gasteiger partial charge on any atom is 0.338 e. The first-order chi connectivity index (χ1) is 16.2. The van der Waals surface area contributed by atoms with E-state index in [1.807, 2.05) is 0 Å². The van der Waals surface area contributed by atoms with E-state index in [2.05, 4.69) is 4.98 Å². The lowest BCUT2D eigenvalue weighted by molar-refractivity contribution is 0.0318. The standard InChI is InChI=1S/C23H30N4O7/c1-14(34-22(29)15-11-16(31-4)19(33-6)17(12-15)32-5)9-7-8-10-27-21(28)18-20(24-13-25(18)2)26(3)23(27)30/h11-14H,7-10H2,1-6H3. The molecule has 0 radical (unpaired) electrons. The summed E-state index contributed by atoms with van der Waals surface area (Å²) in [7, 11) is 7.74. The third kappa shape index (κ3) is 4.78. The average molecular weight is 475 g/mol. The lowest BCUT2D eigenvalue weighted by Crippen LogP contribution is -2.39. The minimum absolute atomic E-state index is 0.264. The molecule has 11 nitrogen and oxygen atoms in total. The van der Waals surface area contributed by atoms with Gasteiger partial charge in [-0.3, -0.25) is 13.9 Å². The van der Waals surface area contributed by atoms with Crippen LogP contribution < -0.4 is 25.5 Å². The van der Waals surface area contributed by atoms with Crippen molar-refractivity contribution in [3.05, 3.63) is 44.9 Å². The molecule has 0 saturated carbocycles. The largest absolute Gasteiger partial charge is 0.493 e. The molecule has 0 spiro atoms. The molecule has 1 atom stereocenters. The molecular weight excluding hydrogens is 444 g/mol. The predicted octanol–water partition coefficient (Wildman–Crippen LogP) is 1.88. The van der Waals surface area contributed by atoms with E-state index in [0.29, 0.717) is 47.7 Å². The van der Waals surface area contributed by atoms with Crippen LogP contribution in [-0.4, -0.2) is 52.1 Å². The van der Waals surface area contributed by atoms with Gasteiger partial charge in [-0.1, -0.05) is 0 Å². The van der Waals surface area contributed by atoms with Crippen LogP contribution >= 0.6 is 0 Å². The molecule has 184 valence electrons. The topological polar surface area (TPSA) is 116 Å². The van der Waals surface area contributed by atoms with Gasteiger partial charge in [0.2, 0.25) is 5.75 Å². The first kappa shape index (κ1) is 24.9. The minimum atomic E-state index is -0.515. The van der Waals surface area contributed by atoms with E-state index in [0.717, 1.165) is 0 Å². The number of carbonyl (C=O) groups excluding carboxylic acids is 1. The van der Waals surface area contributed by atoms with Crippen molar-refractivity contribution in [1.82, 2.24) is 18.7 Å². The number of fused-ring (bicyclic) bond motifs is 1. The number of imidazole rings is 1. The number of aromatic nitrogens is 4. The molecule has 0 saturated heterocycles. The van der Waals surface area contributed by atoms with Crippen molar-refractivity contribution in [3.63, 3.8) is 0 Å². The summed E-state index contributed by atoms with van der Waals surface area (Å²) in [5.41, 5.74) is 0.259. The van der Waals surface area contributed by atoms with Gasteiger partial charge in [-0.05, 0) is 38.3 Å². The highest BCUT2D eigenvalue weighted by Crippen LogP contribution is 2.38. The van der Waals surface area contributed by atoms with E-state index in [-0.39, 0.29) is 23.8 Å². The molecule has 2 heterocycles. The smallest absolute Gasteiger partial charge is 0.338 e. The number of ether oxygens (including phenoxy) is 4. The molecule has 3 rings (SSSR count). The number of hydrogen-bond donors (Lipinski definition) is 0. The molecule has 0 fully saturated rings. The number of benzene rings is 1. The molecule has 11 heteroatoms. The molecule has 0 amide bonds. The summed E-state index contributed by atoms with van der Waals surface area (Å²) in [6, 6.07) is 3.07. The number of methoxy groups -OCH3 is 3. The number of aryl methyl sites for hydroxylation is 2. The maximum atomic E-state index is 12.8. The number of nitrogens with zero attached hydrogens (tertiary/aromatic N) is 4. The number of rotatable bonds is 10. The predicted molar refractivity (Wildman–Crippen MR) is 125 cm³/mol. The van der Waals surface area contributed by atoms with Crippen LogP contribution in [-0.2, 0) is 25.4 Å². The molecule has 0 aliphatic heterocycles. The lowest BCUT2D eigenvalue weighted by atomic mass is 10.1. The molecule has 0 N–H and O–H groups in total. The molecule has 2 aromatic heterocycles. The molecule has 0 aliphatic rings. The second-order valence-electron chi connectivity index (χ2n) is 7.95. The summed E-state index contributed by atoms with van der Waals surface area (Å²) in [5.74, 6) is 0.594. The number of carbonyl (C=O) groups is 1. The summed E-state index contributed by atoms with van der Waals surface area (Å²) in [6.45, 7) is 2.06. The number of esters is 1. The fourth-order valence-electron chi connectivity index (χ4n) is 3.80. The van der Waals surface area contributed by atoms with Gasteiger partial charge in [-0.25, -0.2) is 14.6 Å². The molecule has 0 bridgehead atoms. The van der Waals surface area contributed by atoms with Gasteiger partial charge in [0.15, 0.2) is 22.7 Å². The summed E-state index contributed by atoms with van der Waals surface area (Å²) < 4.78 is 25.6. The Morgan fingerprint density at radius 2 is 1.68 bits per heavy atom. The molecular formula is C23H30N4O7. The van der Waals surface area contributed by atoms with Gasteiger partial charge < -0.3 is 23.5 Å². The first-order valence-corrected chi connectivity index (χ1v) is 10.8. The average Bonchev–Trinajstić information content (AvgIpc) is 3.22. The monoisotopic (exact) mass is 474 g/mol. The Morgan fingerprint density at radius 3 is 2.26 bits per heavy atom. The minimum Gasteiger partial charge on any atom is -0.493 e. The van der Waals surface area contributed by atoms with Gasteiger partial charge >= 0.3 is 11.7 Å². The Hall–Kier alpha value is -3.76. The second-order valence-corrected chi connectivity index (χ2v) is 7.95. The van der Waals surface area contributed by atoms with Gasteiger partial charge in [-0.2, -0.15) is 0 Å². The van der Waals surface area contributed by atoms with Gasteiger partial charge in [0, 0.05) is 20.6 Å². The Morgan fingerprint density at radius 1 is 1.03 bits per heavy atom. The molecule has 0 aliphatic carbocycles. The quantitative estimate of drug-likeness (QED) is 0.323. The SMILES string of the molecule is COc1cc(C(=O)OC(C)CCCCn2c(=O)c3c(ncn3C)n(C)c2=O)cc(OC)c1OC. The van der Waals surface area contributed by atoms with Crippen molar-refractivity contribution in [2.24, 2.45) is 14.1 Å². The van der Waals surface area contributed by atoms with E-state index in [1.165, 1.54) is 48.9 Å². The zero-order valence-electron chi connectivity index (χ0n) is 20.3. The zero-order valence-corrected chi connectivity index (χ0v) is 20.3. The first-order valence-electron chi connectivity index (χ1n) is 10.8. The Balaban J connectivity index is 1.61. The van der Waals surface area contributed by atoms with Gasteiger partial charge in [0.25, 0.3) is 5.56 Å². The summed E-state index contributed by atoms with van der Waals surface area (Å²) in [6.07, 6.45) is 2.94. The van der Waals surface area contributed by atoms with E-state index < -0.39 is 11.7 Å². The molecule has 3 aromatic rings. The van der Waals surface area contributed by atoms with Crippen LogP contribution in [0.4, 0.5) is 0 Å². The Bertz CT molecular complexity index is 1280. The van der Waals surface area contributed by atoms with Crippen LogP contribution in [0.2, 0.25) is 0 Å².